The monoisotopic (exact) mass is 318 g/mol. The van der Waals surface area contributed by atoms with Crippen LogP contribution >= 0.6 is 0 Å². The normalized spacial score (nSPS) is 16.7. The molecule has 0 bridgehead atoms. The summed E-state index contributed by atoms with van der Waals surface area (Å²) in [7, 11) is 0. The highest BCUT2D eigenvalue weighted by molar-refractivity contribution is 5.96. The van der Waals surface area contributed by atoms with Gasteiger partial charge in [-0.15, -0.1) is 0 Å². The molecule has 0 aliphatic carbocycles. The van der Waals surface area contributed by atoms with Crippen molar-refractivity contribution in [1.82, 2.24) is 9.80 Å². The summed E-state index contributed by atoms with van der Waals surface area (Å²) in [6, 6.07) is 6.55. The highest BCUT2D eigenvalue weighted by Crippen LogP contribution is 2.15. The molecule has 0 aromatic heterocycles. The predicted octanol–water partition coefficient (Wildman–Crippen LogP) is 0.277. The Morgan fingerprint density at radius 3 is 2.39 bits per heavy atom. The van der Waals surface area contributed by atoms with Crippen molar-refractivity contribution in [3.05, 3.63) is 29.8 Å². The minimum Gasteiger partial charge on any atom is -0.368 e. The number of rotatable bonds is 4. The maximum absolute atomic E-state index is 12.6. The Hall–Kier alpha value is -2.41. The SMILES string of the molecule is CC(=O)Nc1cccc(C(=O)N2CCN(C(C)C(N)=O)CC2)c1. The van der Waals surface area contributed by atoms with Gasteiger partial charge in [0.25, 0.3) is 5.91 Å². The van der Waals surface area contributed by atoms with E-state index in [2.05, 4.69) is 5.32 Å². The number of carbonyl (C=O) groups excluding carboxylic acids is 3. The number of benzene rings is 1. The number of nitrogens with two attached hydrogens (primary N) is 1. The molecule has 1 atom stereocenters. The molecule has 124 valence electrons. The molecule has 23 heavy (non-hydrogen) atoms. The first-order valence-electron chi connectivity index (χ1n) is 7.59. The summed E-state index contributed by atoms with van der Waals surface area (Å²) in [5.41, 5.74) is 6.45. The number of hydrogen-bond acceptors (Lipinski definition) is 4. The van der Waals surface area contributed by atoms with Gasteiger partial charge in [-0.2, -0.15) is 0 Å². The van der Waals surface area contributed by atoms with Crippen molar-refractivity contribution in [3.63, 3.8) is 0 Å². The van der Waals surface area contributed by atoms with Crippen LogP contribution in [-0.4, -0.2) is 59.7 Å². The standard InChI is InChI=1S/C16H22N4O3/c1-11(15(17)22)19-6-8-20(9-7-19)16(23)13-4-3-5-14(10-13)18-12(2)21/h3-5,10-11H,6-9H2,1-2H3,(H2,17,22)(H,18,21). The van der Waals surface area contributed by atoms with E-state index in [4.69, 9.17) is 5.73 Å². The largest absolute Gasteiger partial charge is 0.368 e. The molecule has 2 rings (SSSR count). The smallest absolute Gasteiger partial charge is 0.254 e. The second-order valence-electron chi connectivity index (χ2n) is 5.67. The number of amides is 3. The van der Waals surface area contributed by atoms with Gasteiger partial charge in [0.15, 0.2) is 0 Å². The average molecular weight is 318 g/mol. The van der Waals surface area contributed by atoms with Crippen molar-refractivity contribution in [2.24, 2.45) is 5.73 Å². The van der Waals surface area contributed by atoms with Crippen LogP contribution in [0.3, 0.4) is 0 Å². The highest BCUT2D eigenvalue weighted by Gasteiger charge is 2.26. The van der Waals surface area contributed by atoms with Gasteiger partial charge >= 0.3 is 0 Å². The van der Waals surface area contributed by atoms with Crippen molar-refractivity contribution >= 4 is 23.4 Å². The number of anilines is 1. The topological polar surface area (TPSA) is 95.7 Å². The minimum atomic E-state index is -0.354. The zero-order valence-electron chi connectivity index (χ0n) is 13.4. The Labute approximate surface area is 135 Å². The molecular formula is C16H22N4O3. The molecule has 0 saturated carbocycles. The number of carbonyl (C=O) groups is 3. The molecule has 1 unspecified atom stereocenters. The third-order valence-electron chi connectivity index (χ3n) is 3.99. The molecule has 7 heteroatoms. The summed E-state index contributed by atoms with van der Waals surface area (Å²) in [6.45, 7) is 5.51. The summed E-state index contributed by atoms with van der Waals surface area (Å²) in [6.07, 6.45) is 0. The molecule has 1 aromatic rings. The van der Waals surface area contributed by atoms with Gasteiger partial charge in [0.1, 0.15) is 0 Å². The van der Waals surface area contributed by atoms with Crippen LogP contribution in [0.5, 0.6) is 0 Å². The predicted molar refractivity (Wildman–Crippen MR) is 86.9 cm³/mol. The van der Waals surface area contributed by atoms with E-state index in [1.807, 2.05) is 4.90 Å². The van der Waals surface area contributed by atoms with E-state index in [0.717, 1.165) is 0 Å². The van der Waals surface area contributed by atoms with Crippen LogP contribution < -0.4 is 11.1 Å². The highest BCUT2D eigenvalue weighted by atomic mass is 16.2. The maximum Gasteiger partial charge on any atom is 0.254 e. The first-order valence-corrected chi connectivity index (χ1v) is 7.59. The van der Waals surface area contributed by atoms with Gasteiger partial charge in [0.05, 0.1) is 6.04 Å². The van der Waals surface area contributed by atoms with E-state index in [1.165, 1.54) is 6.92 Å². The van der Waals surface area contributed by atoms with E-state index in [0.29, 0.717) is 37.4 Å². The van der Waals surface area contributed by atoms with Crippen molar-refractivity contribution in [3.8, 4) is 0 Å². The van der Waals surface area contributed by atoms with Gasteiger partial charge in [0.2, 0.25) is 11.8 Å². The Kier molecular flexibility index (Phi) is 5.33. The molecule has 0 radical (unpaired) electrons. The fourth-order valence-electron chi connectivity index (χ4n) is 2.61. The molecule has 1 fully saturated rings. The van der Waals surface area contributed by atoms with Gasteiger partial charge in [0, 0.05) is 44.4 Å². The molecule has 1 aliphatic heterocycles. The third-order valence-corrected chi connectivity index (χ3v) is 3.99. The second-order valence-corrected chi connectivity index (χ2v) is 5.67. The van der Waals surface area contributed by atoms with Crippen molar-refractivity contribution in [2.75, 3.05) is 31.5 Å². The number of nitrogens with one attached hydrogen (secondary N) is 1. The third kappa shape index (κ3) is 4.29. The zero-order valence-corrected chi connectivity index (χ0v) is 13.4. The van der Waals surface area contributed by atoms with Crippen LogP contribution in [0, 0.1) is 0 Å². The molecule has 3 amide bonds. The maximum atomic E-state index is 12.6. The van der Waals surface area contributed by atoms with Crippen LogP contribution in [0.1, 0.15) is 24.2 Å². The quantitative estimate of drug-likeness (QED) is 0.833. The molecule has 1 aromatic carbocycles. The molecule has 7 nitrogen and oxygen atoms in total. The van der Waals surface area contributed by atoms with Gasteiger partial charge in [-0.1, -0.05) is 6.07 Å². The van der Waals surface area contributed by atoms with Crippen molar-refractivity contribution < 1.29 is 14.4 Å². The fourth-order valence-corrected chi connectivity index (χ4v) is 2.61. The second kappa shape index (κ2) is 7.23. The lowest BCUT2D eigenvalue weighted by atomic mass is 10.1. The minimum absolute atomic E-state index is 0.0800. The molecule has 1 heterocycles. The Balaban J connectivity index is 2.00. The van der Waals surface area contributed by atoms with Crippen LogP contribution in [-0.2, 0) is 9.59 Å². The van der Waals surface area contributed by atoms with E-state index in [-0.39, 0.29) is 23.8 Å². The summed E-state index contributed by atoms with van der Waals surface area (Å²) < 4.78 is 0. The van der Waals surface area contributed by atoms with Crippen molar-refractivity contribution in [1.29, 1.82) is 0 Å². The zero-order chi connectivity index (χ0) is 17.0. The van der Waals surface area contributed by atoms with Gasteiger partial charge < -0.3 is 16.0 Å². The lowest BCUT2D eigenvalue weighted by Gasteiger charge is -2.37. The number of nitrogens with zero attached hydrogens (tertiary/aromatic N) is 2. The van der Waals surface area contributed by atoms with Crippen LogP contribution in [0.25, 0.3) is 0 Å². The van der Waals surface area contributed by atoms with Crippen LogP contribution in [0.2, 0.25) is 0 Å². The number of primary amides is 1. The van der Waals surface area contributed by atoms with E-state index in [1.54, 1.807) is 36.1 Å². The number of hydrogen-bond donors (Lipinski definition) is 2. The van der Waals surface area contributed by atoms with Crippen LogP contribution in [0.15, 0.2) is 24.3 Å². The molecule has 3 N–H and O–H groups in total. The molecule has 1 saturated heterocycles. The summed E-state index contributed by atoms with van der Waals surface area (Å²) in [5.74, 6) is -0.611. The summed E-state index contributed by atoms with van der Waals surface area (Å²) in [4.78, 5) is 38.6. The first kappa shape index (κ1) is 17.0. The molecule has 1 aliphatic rings. The average Bonchev–Trinajstić information content (AvgIpc) is 2.53. The lowest BCUT2D eigenvalue weighted by Crippen LogP contribution is -2.54. The van der Waals surface area contributed by atoms with E-state index in [9.17, 15) is 14.4 Å². The Bertz CT molecular complexity index is 609. The van der Waals surface area contributed by atoms with E-state index < -0.39 is 0 Å². The number of piperazine rings is 1. The fraction of sp³-hybridized carbons (Fsp3) is 0.438. The first-order chi connectivity index (χ1) is 10.9. The molecule has 0 spiro atoms. The Morgan fingerprint density at radius 1 is 1.17 bits per heavy atom. The summed E-state index contributed by atoms with van der Waals surface area (Å²) in [5, 5.41) is 2.67. The molecular weight excluding hydrogens is 296 g/mol. The van der Waals surface area contributed by atoms with Gasteiger partial charge in [-0.3, -0.25) is 19.3 Å². The Morgan fingerprint density at radius 2 is 1.83 bits per heavy atom. The lowest BCUT2D eigenvalue weighted by molar-refractivity contribution is -0.123. The van der Waals surface area contributed by atoms with Crippen LogP contribution in [0.4, 0.5) is 5.69 Å². The van der Waals surface area contributed by atoms with Gasteiger partial charge in [-0.25, -0.2) is 0 Å². The summed E-state index contributed by atoms with van der Waals surface area (Å²) >= 11 is 0. The van der Waals surface area contributed by atoms with Crippen molar-refractivity contribution in [2.45, 2.75) is 19.9 Å². The van der Waals surface area contributed by atoms with Gasteiger partial charge in [-0.05, 0) is 25.1 Å². The van der Waals surface area contributed by atoms with E-state index >= 15 is 0 Å².